The van der Waals surface area contributed by atoms with Crippen LogP contribution in [0.15, 0.2) is 41.8 Å². The molecule has 0 bridgehead atoms. The van der Waals surface area contributed by atoms with E-state index in [0.717, 1.165) is 4.90 Å². The lowest BCUT2D eigenvalue weighted by molar-refractivity contribution is -0.890. The Morgan fingerprint density at radius 1 is 1.12 bits per heavy atom. The number of nitrogens with one attached hydrogen (secondary N) is 2. The summed E-state index contributed by atoms with van der Waals surface area (Å²) < 4.78 is 0. The van der Waals surface area contributed by atoms with Crippen molar-refractivity contribution in [3.63, 3.8) is 0 Å². The average molecular weight is 372 g/mol. The van der Waals surface area contributed by atoms with Gasteiger partial charge in [0.05, 0.1) is 36.6 Å². The molecule has 1 aliphatic rings. The van der Waals surface area contributed by atoms with Crippen molar-refractivity contribution in [3.8, 4) is 0 Å². The first kappa shape index (κ1) is 18.3. The maximum Gasteiger partial charge on any atom is 0.261 e. The van der Waals surface area contributed by atoms with E-state index < -0.39 is 0 Å². The van der Waals surface area contributed by atoms with E-state index in [4.69, 9.17) is 0 Å². The minimum absolute atomic E-state index is 0.0939. The fourth-order valence-corrected chi connectivity index (χ4v) is 3.99. The van der Waals surface area contributed by atoms with Crippen LogP contribution < -0.4 is 10.2 Å². The minimum Gasteiger partial charge on any atom is -0.350 e. The van der Waals surface area contributed by atoms with Crippen LogP contribution in [-0.2, 0) is 4.79 Å². The molecule has 1 aromatic carbocycles. The summed E-state index contributed by atoms with van der Waals surface area (Å²) in [5.74, 6) is -0.815. The molecule has 2 heterocycles. The quantitative estimate of drug-likeness (QED) is 0.704. The van der Waals surface area contributed by atoms with Crippen molar-refractivity contribution >= 4 is 29.1 Å². The third kappa shape index (κ3) is 3.68. The Labute approximate surface area is 156 Å². The molecule has 0 radical (unpaired) electrons. The number of rotatable bonds is 7. The van der Waals surface area contributed by atoms with Crippen LogP contribution in [0, 0.1) is 0 Å². The van der Waals surface area contributed by atoms with E-state index in [1.54, 1.807) is 35.6 Å². The van der Waals surface area contributed by atoms with Gasteiger partial charge in [-0.1, -0.05) is 18.2 Å². The van der Waals surface area contributed by atoms with E-state index in [9.17, 15) is 14.4 Å². The molecule has 0 saturated heterocycles. The molecule has 2 N–H and O–H groups in total. The van der Waals surface area contributed by atoms with Crippen molar-refractivity contribution in [3.05, 3.63) is 57.8 Å². The summed E-state index contributed by atoms with van der Waals surface area (Å²) in [7, 11) is 4.10. The standard InChI is InChI=1S/C19H21N3O3S/c1-21(2)15(16-8-5-11-26-16)12-20-17(23)9-10-22-18(24)13-6-3-4-7-14(13)19(22)25/h3-8,11,15H,9-10,12H2,1-2H3,(H,20,23)/p+1/t15-/m1/s1. The van der Waals surface area contributed by atoms with Crippen molar-refractivity contribution in [2.45, 2.75) is 12.5 Å². The number of thiophene rings is 1. The molecule has 0 fully saturated rings. The normalized spacial score (nSPS) is 14.7. The molecule has 0 aliphatic carbocycles. The average Bonchev–Trinajstić information content (AvgIpc) is 3.22. The Balaban J connectivity index is 1.53. The van der Waals surface area contributed by atoms with Crippen LogP contribution in [-0.4, -0.2) is 49.8 Å². The van der Waals surface area contributed by atoms with Gasteiger partial charge < -0.3 is 10.2 Å². The van der Waals surface area contributed by atoms with Crippen molar-refractivity contribution in [2.75, 3.05) is 27.2 Å². The smallest absolute Gasteiger partial charge is 0.261 e. The summed E-state index contributed by atoms with van der Waals surface area (Å²) in [4.78, 5) is 40.4. The van der Waals surface area contributed by atoms with E-state index in [0.29, 0.717) is 17.7 Å². The number of nitrogens with zero attached hydrogens (tertiary/aromatic N) is 1. The molecule has 3 rings (SSSR count). The SMILES string of the molecule is C[NH+](C)[C@H](CNC(=O)CCN1C(=O)c2ccccc2C1=O)c1cccs1. The van der Waals surface area contributed by atoms with Crippen molar-refractivity contribution < 1.29 is 19.3 Å². The number of likely N-dealkylation sites (N-methyl/N-ethyl adjacent to an activating group) is 1. The number of quaternary nitrogens is 1. The summed E-state index contributed by atoms with van der Waals surface area (Å²) in [5.41, 5.74) is 0.818. The van der Waals surface area contributed by atoms with Gasteiger partial charge in [-0.15, -0.1) is 11.3 Å². The van der Waals surface area contributed by atoms with E-state index in [2.05, 4.69) is 25.5 Å². The second kappa shape index (κ2) is 7.80. The van der Waals surface area contributed by atoms with Crippen LogP contribution in [0.2, 0.25) is 0 Å². The van der Waals surface area contributed by atoms with E-state index in [1.807, 2.05) is 11.4 Å². The monoisotopic (exact) mass is 372 g/mol. The van der Waals surface area contributed by atoms with Crippen LogP contribution in [0.3, 0.4) is 0 Å². The molecule has 1 atom stereocenters. The number of benzene rings is 1. The van der Waals surface area contributed by atoms with Gasteiger partial charge in [-0.3, -0.25) is 19.3 Å². The molecule has 7 heteroatoms. The molecule has 2 aromatic rings. The topological polar surface area (TPSA) is 70.9 Å². The predicted octanol–water partition coefficient (Wildman–Crippen LogP) is 0.736. The number of imide groups is 1. The second-order valence-electron chi connectivity index (χ2n) is 6.51. The third-order valence-corrected chi connectivity index (χ3v) is 5.51. The molecule has 1 aliphatic heterocycles. The van der Waals surface area contributed by atoms with Gasteiger partial charge in [0.1, 0.15) is 6.04 Å². The highest BCUT2D eigenvalue weighted by atomic mass is 32.1. The molecule has 0 saturated carbocycles. The number of carbonyl (C=O) groups is 3. The Kier molecular flexibility index (Phi) is 5.49. The number of hydrogen-bond donors (Lipinski definition) is 2. The minimum atomic E-state index is -0.326. The number of fused-ring (bicyclic) bond motifs is 1. The van der Waals surface area contributed by atoms with Gasteiger partial charge in [0.2, 0.25) is 5.91 Å². The van der Waals surface area contributed by atoms with E-state index in [-0.39, 0.29) is 36.7 Å². The fourth-order valence-electron chi connectivity index (χ4n) is 3.04. The Morgan fingerprint density at radius 2 is 1.77 bits per heavy atom. The van der Waals surface area contributed by atoms with E-state index >= 15 is 0 Å². The maximum atomic E-state index is 12.3. The lowest BCUT2D eigenvalue weighted by atomic mass is 10.1. The summed E-state index contributed by atoms with van der Waals surface area (Å²) in [5, 5.41) is 4.95. The lowest BCUT2D eigenvalue weighted by Crippen LogP contribution is -3.06. The zero-order chi connectivity index (χ0) is 18.7. The molecule has 3 amide bonds. The highest BCUT2D eigenvalue weighted by molar-refractivity contribution is 7.10. The van der Waals surface area contributed by atoms with Gasteiger partial charge in [0.25, 0.3) is 11.8 Å². The number of hydrogen-bond acceptors (Lipinski definition) is 4. The first-order valence-electron chi connectivity index (χ1n) is 8.54. The molecule has 1 aromatic heterocycles. The zero-order valence-corrected chi connectivity index (χ0v) is 15.6. The summed E-state index contributed by atoms with van der Waals surface area (Å²) in [6, 6.07) is 11.0. The molecule has 136 valence electrons. The van der Waals surface area contributed by atoms with Crippen molar-refractivity contribution in [1.82, 2.24) is 10.2 Å². The van der Waals surface area contributed by atoms with Gasteiger partial charge in [-0.05, 0) is 23.6 Å². The van der Waals surface area contributed by atoms with Crippen LogP contribution >= 0.6 is 11.3 Å². The van der Waals surface area contributed by atoms with Gasteiger partial charge in [0, 0.05) is 13.0 Å². The van der Waals surface area contributed by atoms with Gasteiger partial charge in [0.15, 0.2) is 0 Å². The molecular weight excluding hydrogens is 350 g/mol. The highest BCUT2D eigenvalue weighted by Gasteiger charge is 2.35. The first-order valence-corrected chi connectivity index (χ1v) is 9.42. The zero-order valence-electron chi connectivity index (χ0n) is 14.8. The first-order chi connectivity index (χ1) is 12.5. The molecule has 0 unspecified atom stereocenters. The van der Waals surface area contributed by atoms with Gasteiger partial charge >= 0.3 is 0 Å². The van der Waals surface area contributed by atoms with Crippen LogP contribution in [0.1, 0.15) is 38.1 Å². The summed E-state index contributed by atoms with van der Waals surface area (Å²) >= 11 is 1.67. The molecule has 26 heavy (non-hydrogen) atoms. The van der Waals surface area contributed by atoms with Crippen LogP contribution in [0.4, 0.5) is 0 Å². The maximum absolute atomic E-state index is 12.3. The van der Waals surface area contributed by atoms with Crippen LogP contribution in [0.25, 0.3) is 0 Å². The number of carbonyl (C=O) groups excluding carboxylic acids is 3. The molecule has 0 spiro atoms. The number of amides is 3. The predicted molar refractivity (Wildman–Crippen MR) is 99.3 cm³/mol. The molecular formula is C19H22N3O3S+. The second-order valence-corrected chi connectivity index (χ2v) is 7.49. The lowest BCUT2D eigenvalue weighted by Gasteiger charge is -2.21. The fraction of sp³-hybridized carbons (Fsp3) is 0.316. The Hall–Kier alpha value is -2.51. The summed E-state index contributed by atoms with van der Waals surface area (Å²) in [6.07, 6.45) is 0.103. The van der Waals surface area contributed by atoms with Crippen molar-refractivity contribution in [1.29, 1.82) is 0 Å². The summed E-state index contributed by atoms with van der Waals surface area (Å²) in [6.45, 7) is 0.612. The Morgan fingerprint density at radius 3 is 2.31 bits per heavy atom. The third-order valence-electron chi connectivity index (χ3n) is 4.53. The Bertz CT molecular complexity index is 782. The van der Waals surface area contributed by atoms with Crippen LogP contribution in [0.5, 0.6) is 0 Å². The van der Waals surface area contributed by atoms with Crippen molar-refractivity contribution in [2.24, 2.45) is 0 Å². The van der Waals surface area contributed by atoms with Gasteiger partial charge in [-0.25, -0.2) is 0 Å². The van der Waals surface area contributed by atoms with Gasteiger partial charge in [-0.2, -0.15) is 0 Å². The molecule has 6 nitrogen and oxygen atoms in total. The van der Waals surface area contributed by atoms with E-state index in [1.165, 1.54) is 9.78 Å². The highest BCUT2D eigenvalue weighted by Crippen LogP contribution is 2.22. The largest absolute Gasteiger partial charge is 0.350 e.